The summed E-state index contributed by atoms with van der Waals surface area (Å²) in [7, 11) is 0. The van der Waals surface area contributed by atoms with E-state index in [1.54, 1.807) is 0 Å². The largest absolute Gasteiger partial charge is 0.501 e. The van der Waals surface area contributed by atoms with Crippen LogP contribution in [-0.4, -0.2) is 26.4 Å². The third-order valence-electron chi connectivity index (χ3n) is 10.6. The molecule has 6 aromatic rings. The van der Waals surface area contributed by atoms with Crippen LogP contribution in [0.15, 0.2) is 185 Å². The summed E-state index contributed by atoms with van der Waals surface area (Å²) < 4.78 is 21.6. The normalized spacial score (nSPS) is 10.6. The fourth-order valence-electron chi connectivity index (χ4n) is 7.35. The molecule has 6 heteroatoms. The number of anilines is 6. The van der Waals surface area contributed by atoms with Gasteiger partial charge in [-0.25, -0.2) is 0 Å². The van der Waals surface area contributed by atoms with E-state index in [1.165, 1.54) is 58.4 Å². The Hall–Kier alpha value is -6.92. The summed E-state index contributed by atoms with van der Waals surface area (Å²) >= 11 is 0. The summed E-state index contributed by atoms with van der Waals surface area (Å²) in [6, 6.07) is 48.3. The number of hydrogen-bond acceptors (Lipinski definition) is 6. The highest BCUT2D eigenvalue weighted by molar-refractivity contribution is 5.81. The van der Waals surface area contributed by atoms with Crippen molar-refractivity contribution in [1.29, 1.82) is 0 Å². The molecule has 0 unspecified atom stereocenters. The Morgan fingerprint density at radius 3 is 0.950 bits per heavy atom. The molecule has 0 saturated carbocycles. The van der Waals surface area contributed by atoms with Crippen LogP contribution in [0, 0.1) is 13.8 Å². The fourth-order valence-corrected chi connectivity index (χ4v) is 7.35. The molecule has 0 amide bonds. The number of hydrogen-bond donors (Lipinski definition) is 0. The Kier molecular flexibility index (Phi) is 15.5. The molecule has 60 heavy (non-hydrogen) atoms. The van der Waals surface area contributed by atoms with Crippen LogP contribution in [0.5, 0.6) is 0 Å². The van der Waals surface area contributed by atoms with Crippen molar-refractivity contribution in [3.05, 3.63) is 218 Å². The lowest BCUT2D eigenvalue weighted by atomic mass is 10.0. The summed E-state index contributed by atoms with van der Waals surface area (Å²) in [5.41, 5.74) is 16.1. The van der Waals surface area contributed by atoms with E-state index in [2.05, 4.69) is 183 Å². The minimum absolute atomic E-state index is 0.600. The van der Waals surface area contributed by atoms with Crippen molar-refractivity contribution < 1.29 is 18.9 Å². The molecule has 6 nitrogen and oxygen atoms in total. The van der Waals surface area contributed by atoms with Gasteiger partial charge in [-0.15, -0.1) is 0 Å². The van der Waals surface area contributed by atoms with Gasteiger partial charge in [-0.05, 0) is 131 Å². The number of benzene rings is 6. The summed E-state index contributed by atoms with van der Waals surface area (Å²) in [5.74, 6) is 0. The zero-order valence-electron chi connectivity index (χ0n) is 35.0. The second kappa shape index (κ2) is 21.7. The highest BCUT2D eigenvalue weighted by atomic mass is 16.5. The molecule has 0 bridgehead atoms. The molecule has 0 atom stereocenters. The van der Waals surface area contributed by atoms with Crippen LogP contribution in [0.2, 0.25) is 0 Å². The van der Waals surface area contributed by atoms with Gasteiger partial charge in [-0.3, -0.25) is 0 Å². The standard InChI is InChI=1S/C54H56N2O4/c1-7-57-35-31-43-11-21-49(22-12-43)55(53-29-15-45(41(5)39-53)33-37-59-9-3)51-25-17-47(18-26-51)48-19-27-52(28-20-48)56(50-23-13-44(14-24-50)32-36-58-8-2)54-30-16-46(42(6)40-54)34-38-60-10-4/h7-30,39-40H,1-4,31-38H2,5-6H3. The van der Waals surface area contributed by atoms with E-state index in [4.69, 9.17) is 18.9 Å². The Bertz CT molecular complexity index is 2150. The van der Waals surface area contributed by atoms with Gasteiger partial charge >= 0.3 is 0 Å². The number of nitrogens with zero attached hydrogens (tertiary/aromatic N) is 2. The zero-order valence-corrected chi connectivity index (χ0v) is 35.0. The number of ether oxygens (including phenoxy) is 4. The van der Waals surface area contributed by atoms with Crippen LogP contribution < -0.4 is 9.80 Å². The van der Waals surface area contributed by atoms with Crippen molar-refractivity contribution in [2.75, 3.05) is 36.2 Å². The predicted molar refractivity (Wildman–Crippen MR) is 250 cm³/mol. The van der Waals surface area contributed by atoms with Gasteiger partial charge in [0.25, 0.3) is 0 Å². The fraction of sp³-hybridized carbons (Fsp3) is 0.185. The van der Waals surface area contributed by atoms with Gasteiger partial charge in [0.05, 0.1) is 51.5 Å². The minimum Gasteiger partial charge on any atom is -0.501 e. The maximum Gasteiger partial charge on any atom is 0.0913 e. The SMILES string of the molecule is C=COCCc1ccc(N(c2ccc(-c3ccc(N(c4ccc(CCOC=C)cc4)c4ccc(CCOC=C)c(C)c4)cc3)cc2)c2ccc(CCOC=C)c(C)c2)cc1. The van der Waals surface area contributed by atoms with Gasteiger partial charge in [0.1, 0.15) is 0 Å². The predicted octanol–water partition coefficient (Wildman–Crippen LogP) is 13.7. The molecule has 0 saturated heterocycles. The summed E-state index contributed by atoms with van der Waals surface area (Å²) in [4.78, 5) is 4.62. The zero-order chi connectivity index (χ0) is 42.1. The highest BCUT2D eigenvalue weighted by Crippen LogP contribution is 2.39. The molecule has 0 aliphatic rings. The van der Waals surface area contributed by atoms with Crippen LogP contribution in [0.1, 0.15) is 33.4 Å². The third kappa shape index (κ3) is 11.2. The topological polar surface area (TPSA) is 43.4 Å². The van der Waals surface area contributed by atoms with Crippen molar-refractivity contribution in [2.45, 2.75) is 39.5 Å². The van der Waals surface area contributed by atoms with Gasteiger partial charge in [0.15, 0.2) is 0 Å². The molecule has 0 spiro atoms. The first-order valence-electron chi connectivity index (χ1n) is 20.5. The quantitative estimate of drug-likeness (QED) is 0.0475. The maximum atomic E-state index is 5.43. The first kappa shape index (κ1) is 42.7. The van der Waals surface area contributed by atoms with Crippen LogP contribution in [-0.2, 0) is 44.6 Å². The van der Waals surface area contributed by atoms with E-state index < -0.39 is 0 Å². The third-order valence-corrected chi connectivity index (χ3v) is 10.6. The van der Waals surface area contributed by atoms with E-state index in [1.807, 2.05) is 0 Å². The second-order valence-electron chi connectivity index (χ2n) is 14.5. The van der Waals surface area contributed by atoms with Crippen molar-refractivity contribution in [3.63, 3.8) is 0 Å². The molecule has 6 aromatic carbocycles. The second-order valence-corrected chi connectivity index (χ2v) is 14.5. The van der Waals surface area contributed by atoms with Crippen LogP contribution in [0.4, 0.5) is 34.1 Å². The molecule has 306 valence electrons. The molecule has 0 aliphatic heterocycles. The van der Waals surface area contributed by atoms with Crippen LogP contribution >= 0.6 is 0 Å². The molecule has 0 aliphatic carbocycles. The Morgan fingerprint density at radius 1 is 0.367 bits per heavy atom. The Balaban J connectivity index is 1.29. The lowest BCUT2D eigenvalue weighted by molar-refractivity contribution is 0.254. The Labute approximate surface area is 357 Å². The average molecular weight is 797 g/mol. The summed E-state index contributed by atoms with van der Waals surface area (Å²) in [5, 5.41) is 0. The number of rotatable bonds is 23. The first-order chi connectivity index (χ1) is 29.4. The van der Waals surface area contributed by atoms with E-state index in [0.717, 1.165) is 70.9 Å². The summed E-state index contributed by atoms with van der Waals surface area (Å²) in [6.45, 7) is 21.4. The van der Waals surface area contributed by atoms with E-state index in [-0.39, 0.29) is 0 Å². The van der Waals surface area contributed by atoms with Gasteiger partial charge in [-0.2, -0.15) is 0 Å². The molecule has 0 N–H and O–H groups in total. The van der Waals surface area contributed by atoms with Crippen molar-refractivity contribution in [2.24, 2.45) is 0 Å². The van der Waals surface area contributed by atoms with Gasteiger partial charge in [0.2, 0.25) is 0 Å². The molecular formula is C54H56N2O4. The van der Waals surface area contributed by atoms with Crippen LogP contribution in [0.3, 0.4) is 0 Å². The smallest absolute Gasteiger partial charge is 0.0913 e. The molecule has 0 fully saturated rings. The van der Waals surface area contributed by atoms with Gasteiger partial charge in [-0.1, -0.05) is 87.0 Å². The monoisotopic (exact) mass is 796 g/mol. The van der Waals surface area contributed by atoms with E-state index in [0.29, 0.717) is 26.4 Å². The molecule has 0 radical (unpaired) electrons. The molecular weight excluding hydrogens is 741 g/mol. The Morgan fingerprint density at radius 2 is 0.650 bits per heavy atom. The lowest BCUT2D eigenvalue weighted by Gasteiger charge is -2.27. The molecule has 0 heterocycles. The number of aryl methyl sites for hydroxylation is 2. The maximum absolute atomic E-state index is 5.43. The van der Waals surface area contributed by atoms with E-state index in [9.17, 15) is 0 Å². The van der Waals surface area contributed by atoms with Crippen LogP contribution in [0.25, 0.3) is 11.1 Å². The van der Waals surface area contributed by atoms with Crippen molar-refractivity contribution in [1.82, 2.24) is 0 Å². The lowest BCUT2D eigenvalue weighted by Crippen LogP contribution is -2.11. The van der Waals surface area contributed by atoms with Crippen molar-refractivity contribution in [3.8, 4) is 11.1 Å². The van der Waals surface area contributed by atoms with Gasteiger partial charge in [0, 0.05) is 59.8 Å². The van der Waals surface area contributed by atoms with Crippen molar-refractivity contribution >= 4 is 34.1 Å². The summed E-state index contributed by atoms with van der Waals surface area (Å²) in [6.07, 6.45) is 9.25. The minimum atomic E-state index is 0.600. The molecule has 0 aromatic heterocycles. The van der Waals surface area contributed by atoms with Gasteiger partial charge < -0.3 is 28.7 Å². The molecule has 6 rings (SSSR count). The average Bonchev–Trinajstić information content (AvgIpc) is 3.27. The first-order valence-corrected chi connectivity index (χ1v) is 20.5. The highest BCUT2D eigenvalue weighted by Gasteiger charge is 2.17. The van der Waals surface area contributed by atoms with E-state index >= 15 is 0 Å².